The third-order valence-electron chi connectivity index (χ3n) is 6.56. The number of aryl methyl sites for hydroxylation is 1. The van der Waals surface area contributed by atoms with Crippen molar-refractivity contribution in [1.29, 1.82) is 0 Å². The normalized spacial score (nSPS) is 35.1. The van der Waals surface area contributed by atoms with Crippen molar-refractivity contribution in [3.8, 4) is 11.5 Å². The maximum Gasteiger partial charge on any atom is 0.303 e. The van der Waals surface area contributed by atoms with Crippen molar-refractivity contribution in [2.75, 3.05) is 20.7 Å². The molecule has 1 aliphatic carbocycles. The largest absolute Gasteiger partial charge is 0.493 e. The Morgan fingerprint density at radius 2 is 2.12 bits per heavy atom. The Labute approximate surface area is 154 Å². The fourth-order valence-electron chi connectivity index (χ4n) is 5.27. The van der Waals surface area contributed by atoms with E-state index in [1.165, 1.54) is 18.1 Å². The van der Waals surface area contributed by atoms with E-state index in [0.717, 1.165) is 24.5 Å². The molecule has 1 spiro atoms. The van der Waals surface area contributed by atoms with Gasteiger partial charge in [0.1, 0.15) is 6.10 Å². The Balaban J connectivity index is 1.92. The average Bonchev–Trinajstić information content (AvgIpc) is 2.95. The van der Waals surface area contributed by atoms with E-state index in [9.17, 15) is 4.79 Å². The summed E-state index contributed by atoms with van der Waals surface area (Å²) in [6.45, 7) is 6.84. The lowest BCUT2D eigenvalue weighted by atomic mass is 9.57. The van der Waals surface area contributed by atoms with Crippen LogP contribution in [0, 0.1) is 12.8 Å². The second-order valence-corrected chi connectivity index (χ2v) is 7.82. The third kappa shape index (κ3) is 2.22. The number of carbonyl (C=O) groups is 1. The lowest BCUT2D eigenvalue weighted by Gasteiger charge is -2.53. The van der Waals surface area contributed by atoms with Gasteiger partial charge in [0, 0.05) is 29.9 Å². The predicted molar refractivity (Wildman–Crippen MR) is 98.7 cm³/mol. The maximum absolute atomic E-state index is 11.7. The molecule has 5 heteroatoms. The highest BCUT2D eigenvalue weighted by molar-refractivity contribution is 5.67. The Morgan fingerprint density at radius 3 is 2.81 bits per heavy atom. The zero-order valence-corrected chi connectivity index (χ0v) is 16.1. The van der Waals surface area contributed by atoms with Gasteiger partial charge in [0.15, 0.2) is 17.6 Å². The molecule has 26 heavy (non-hydrogen) atoms. The van der Waals surface area contributed by atoms with E-state index in [1.807, 2.05) is 12.1 Å². The predicted octanol–water partition coefficient (Wildman–Crippen LogP) is 2.84. The number of hydrogen-bond donors (Lipinski definition) is 0. The smallest absolute Gasteiger partial charge is 0.303 e. The highest BCUT2D eigenvalue weighted by Gasteiger charge is 2.62. The minimum atomic E-state index is -0.379. The fourth-order valence-corrected chi connectivity index (χ4v) is 5.27. The van der Waals surface area contributed by atoms with E-state index < -0.39 is 0 Å². The fraction of sp³-hybridized carbons (Fsp3) is 0.571. The lowest BCUT2D eigenvalue weighted by Crippen LogP contribution is -2.62. The second kappa shape index (κ2) is 6.02. The number of carbonyl (C=O) groups excluding carboxylic acids is 1. The molecule has 1 unspecified atom stereocenters. The molecule has 0 bridgehead atoms. The van der Waals surface area contributed by atoms with Crippen molar-refractivity contribution in [2.45, 2.75) is 50.9 Å². The third-order valence-corrected chi connectivity index (χ3v) is 6.56. The first kappa shape index (κ1) is 17.4. The summed E-state index contributed by atoms with van der Waals surface area (Å²) in [4.78, 5) is 14.1. The number of methoxy groups -OCH3 is 1. The summed E-state index contributed by atoms with van der Waals surface area (Å²) >= 11 is 0. The van der Waals surface area contributed by atoms with Gasteiger partial charge >= 0.3 is 5.97 Å². The van der Waals surface area contributed by atoms with Crippen molar-refractivity contribution in [3.05, 3.63) is 35.4 Å². The molecule has 140 valence electrons. The first-order valence-electron chi connectivity index (χ1n) is 9.30. The van der Waals surface area contributed by atoms with Crippen LogP contribution in [0.3, 0.4) is 0 Å². The summed E-state index contributed by atoms with van der Waals surface area (Å²) in [6, 6.07) is 4.45. The van der Waals surface area contributed by atoms with Gasteiger partial charge in [0.2, 0.25) is 0 Å². The van der Waals surface area contributed by atoms with Gasteiger partial charge in [-0.2, -0.15) is 0 Å². The van der Waals surface area contributed by atoms with E-state index in [1.54, 1.807) is 7.11 Å². The molecule has 4 rings (SSSR count). The number of likely N-dealkylation sites (tertiary alicyclic amines) is 1. The van der Waals surface area contributed by atoms with Crippen LogP contribution in [0.4, 0.5) is 0 Å². The molecule has 1 aromatic carbocycles. The zero-order valence-electron chi connectivity index (χ0n) is 16.1. The zero-order chi connectivity index (χ0) is 18.6. The van der Waals surface area contributed by atoms with Gasteiger partial charge < -0.3 is 19.1 Å². The number of benzene rings is 1. The van der Waals surface area contributed by atoms with E-state index in [-0.39, 0.29) is 23.6 Å². The molecule has 1 saturated heterocycles. The van der Waals surface area contributed by atoms with Gasteiger partial charge in [-0.1, -0.05) is 12.1 Å². The Hall–Kier alpha value is -2.01. The van der Waals surface area contributed by atoms with Gasteiger partial charge in [0.05, 0.1) is 7.11 Å². The van der Waals surface area contributed by atoms with E-state index in [2.05, 4.69) is 37.9 Å². The molecular weight excluding hydrogens is 330 g/mol. The van der Waals surface area contributed by atoms with Gasteiger partial charge in [-0.3, -0.25) is 4.79 Å². The van der Waals surface area contributed by atoms with E-state index >= 15 is 0 Å². The van der Waals surface area contributed by atoms with E-state index in [0.29, 0.717) is 12.0 Å². The van der Waals surface area contributed by atoms with Crippen LogP contribution < -0.4 is 9.47 Å². The molecule has 2 aliphatic heterocycles. The van der Waals surface area contributed by atoms with Gasteiger partial charge in [0.25, 0.3) is 0 Å². The first-order valence-corrected chi connectivity index (χ1v) is 9.30. The number of esters is 1. The van der Waals surface area contributed by atoms with Crippen LogP contribution in [-0.4, -0.2) is 49.8 Å². The molecule has 5 atom stereocenters. The second-order valence-electron chi connectivity index (χ2n) is 7.82. The Bertz CT molecular complexity index is 774. The SMILES string of the molecule is COc1ccc(C)c2c1O[C@H]1[C@@H](OC(C)=O)C=CC3[C@@H](C)N(C)CC[C@@]231. The monoisotopic (exact) mass is 357 g/mol. The maximum atomic E-state index is 11.7. The molecular formula is C21H27NO4. The van der Waals surface area contributed by atoms with Crippen molar-refractivity contribution < 1.29 is 19.0 Å². The van der Waals surface area contributed by atoms with Gasteiger partial charge in [-0.15, -0.1) is 0 Å². The summed E-state index contributed by atoms with van der Waals surface area (Å²) in [7, 11) is 3.85. The summed E-state index contributed by atoms with van der Waals surface area (Å²) in [6.07, 6.45) is 4.62. The number of rotatable bonds is 2. The molecule has 3 aliphatic rings. The van der Waals surface area contributed by atoms with Crippen LogP contribution in [0.2, 0.25) is 0 Å². The van der Waals surface area contributed by atoms with Crippen LogP contribution in [-0.2, 0) is 14.9 Å². The summed E-state index contributed by atoms with van der Waals surface area (Å²) in [5, 5.41) is 0. The van der Waals surface area contributed by atoms with Crippen LogP contribution in [0.5, 0.6) is 11.5 Å². The molecule has 0 N–H and O–H groups in total. The Morgan fingerprint density at radius 1 is 1.35 bits per heavy atom. The minimum absolute atomic E-state index is 0.200. The van der Waals surface area contributed by atoms with Crippen molar-refractivity contribution in [2.24, 2.45) is 5.92 Å². The molecule has 0 saturated carbocycles. The lowest BCUT2D eigenvalue weighted by molar-refractivity contribution is -0.151. The van der Waals surface area contributed by atoms with Crippen molar-refractivity contribution >= 4 is 5.97 Å². The minimum Gasteiger partial charge on any atom is -0.493 e. The Kier molecular flexibility index (Phi) is 4.03. The molecule has 0 aromatic heterocycles. The number of fused-ring (bicyclic) bond motifs is 1. The number of ether oxygens (including phenoxy) is 3. The number of hydrogen-bond acceptors (Lipinski definition) is 5. The van der Waals surface area contributed by atoms with Crippen molar-refractivity contribution in [3.63, 3.8) is 0 Å². The quantitative estimate of drug-likeness (QED) is 0.602. The standard InChI is InChI=1S/C21H27NO4/c1-12-6-8-16(24-5)19-18(12)21-10-11-22(4)13(2)15(21)7-9-17(20(21)26-19)25-14(3)23/h6-9,13,15,17,20H,10-11H2,1-5H3/t13-,15?,17+,20+,21+/m1/s1. The molecule has 0 radical (unpaired) electrons. The first-order chi connectivity index (χ1) is 12.4. The van der Waals surface area contributed by atoms with Gasteiger partial charge in [-0.05, 0) is 51.6 Å². The summed E-state index contributed by atoms with van der Waals surface area (Å²) in [5.74, 6) is 1.59. The van der Waals surface area contributed by atoms with Crippen LogP contribution in [0.1, 0.15) is 31.4 Å². The molecule has 1 aromatic rings. The average molecular weight is 357 g/mol. The molecule has 1 fully saturated rings. The number of nitrogens with zero attached hydrogens (tertiary/aromatic N) is 1. The summed E-state index contributed by atoms with van der Waals surface area (Å²) < 4.78 is 17.7. The van der Waals surface area contributed by atoms with E-state index in [4.69, 9.17) is 14.2 Å². The van der Waals surface area contributed by atoms with Crippen LogP contribution in [0.15, 0.2) is 24.3 Å². The highest BCUT2D eigenvalue weighted by atomic mass is 16.6. The molecule has 2 heterocycles. The number of piperidine rings is 1. The molecule has 5 nitrogen and oxygen atoms in total. The molecule has 0 amide bonds. The van der Waals surface area contributed by atoms with Crippen molar-refractivity contribution in [1.82, 2.24) is 4.90 Å². The topological polar surface area (TPSA) is 48.0 Å². The van der Waals surface area contributed by atoms with Crippen LogP contribution >= 0.6 is 0 Å². The van der Waals surface area contributed by atoms with Crippen LogP contribution in [0.25, 0.3) is 0 Å². The summed E-state index contributed by atoms with van der Waals surface area (Å²) in [5.41, 5.74) is 2.24. The highest BCUT2D eigenvalue weighted by Crippen LogP contribution is 2.59. The van der Waals surface area contributed by atoms with Gasteiger partial charge in [-0.25, -0.2) is 0 Å².